The van der Waals surface area contributed by atoms with Gasteiger partial charge in [0.1, 0.15) is 22.5 Å². The number of hydrogen-bond acceptors (Lipinski definition) is 7. The minimum absolute atomic E-state index is 0.323. The Labute approximate surface area is 197 Å². The molecule has 0 amide bonds. The molecule has 1 aliphatic heterocycles. The fraction of sp³-hybridized carbons (Fsp3) is 0.292. The third-order valence-corrected chi connectivity index (χ3v) is 6.90. The summed E-state index contributed by atoms with van der Waals surface area (Å²) in [4.78, 5) is 9.44. The Kier molecular flexibility index (Phi) is 5.38. The van der Waals surface area contributed by atoms with Gasteiger partial charge in [0, 0.05) is 50.7 Å². The predicted octanol–water partition coefficient (Wildman–Crippen LogP) is 4.21. The van der Waals surface area contributed by atoms with Crippen LogP contribution in [0.2, 0.25) is 0 Å². The second kappa shape index (κ2) is 8.81. The first-order chi connectivity index (χ1) is 16.5. The molecule has 9 heteroatoms. The molecule has 0 saturated carbocycles. The van der Waals surface area contributed by atoms with Crippen molar-refractivity contribution in [2.75, 3.05) is 43.0 Å². The van der Waals surface area contributed by atoms with Crippen LogP contribution in [-0.4, -0.2) is 47.8 Å². The Bertz CT molecular complexity index is 1380. The van der Waals surface area contributed by atoms with Gasteiger partial charge in [-0.05, 0) is 42.8 Å². The van der Waals surface area contributed by atoms with Gasteiger partial charge >= 0.3 is 0 Å². The van der Waals surface area contributed by atoms with Gasteiger partial charge in [-0.1, -0.05) is 18.3 Å². The molecule has 0 aliphatic carbocycles. The number of rotatable bonds is 5. The molecule has 5 rings (SSSR count). The summed E-state index contributed by atoms with van der Waals surface area (Å²) in [5.41, 5.74) is 4.78. The van der Waals surface area contributed by atoms with Crippen molar-refractivity contribution >= 4 is 33.4 Å². The number of fused-ring (bicyclic) bond motifs is 1. The number of nitrogens with zero attached hydrogens (tertiary/aromatic N) is 6. The molecule has 0 unspecified atom stereocenters. The Morgan fingerprint density at radius 1 is 1.27 bits per heavy atom. The molecule has 4 heterocycles. The summed E-state index contributed by atoms with van der Waals surface area (Å²) in [5, 5.41) is 18.4. The van der Waals surface area contributed by atoms with Crippen molar-refractivity contribution in [3.8, 4) is 17.3 Å². The van der Waals surface area contributed by atoms with Crippen LogP contribution < -0.4 is 15.1 Å². The Morgan fingerprint density at radius 2 is 2.03 bits per heavy atom. The lowest BCUT2D eigenvalue weighted by Crippen LogP contribution is -2.43. The van der Waals surface area contributed by atoms with Gasteiger partial charge in [0.15, 0.2) is 5.13 Å². The van der Waals surface area contributed by atoms with E-state index in [1.807, 2.05) is 24.9 Å². The summed E-state index contributed by atoms with van der Waals surface area (Å²) in [6.45, 7) is 5.62. The molecular formula is C24H24FN7S. The third kappa shape index (κ3) is 3.92. The molecule has 0 bridgehead atoms. The number of anilines is 3. The van der Waals surface area contributed by atoms with E-state index < -0.39 is 0 Å². The van der Waals surface area contributed by atoms with E-state index in [1.54, 1.807) is 16.6 Å². The number of aryl methyl sites for hydroxylation is 1. The van der Waals surface area contributed by atoms with Crippen molar-refractivity contribution in [3.05, 3.63) is 59.0 Å². The van der Waals surface area contributed by atoms with Gasteiger partial charge in [0.2, 0.25) is 0 Å². The van der Waals surface area contributed by atoms with Gasteiger partial charge in [-0.2, -0.15) is 10.4 Å². The van der Waals surface area contributed by atoms with Gasteiger partial charge in [0.25, 0.3) is 0 Å². The molecule has 1 aliphatic rings. The third-order valence-electron chi connectivity index (χ3n) is 5.86. The zero-order valence-corrected chi connectivity index (χ0v) is 19.3. The van der Waals surface area contributed by atoms with Crippen LogP contribution in [0.3, 0.4) is 0 Å². The molecule has 1 aromatic carbocycles. The zero-order valence-electron chi connectivity index (χ0n) is 19.5. The first-order valence-electron chi connectivity index (χ1n) is 11.4. The minimum atomic E-state index is -0.333. The molecule has 0 atom stereocenters. The van der Waals surface area contributed by atoms with Crippen LogP contribution in [0, 0.1) is 17.1 Å². The quantitative estimate of drug-likeness (QED) is 0.479. The summed E-state index contributed by atoms with van der Waals surface area (Å²) in [6, 6.07) is 12.2. The number of thiazole rings is 1. The fourth-order valence-corrected chi connectivity index (χ4v) is 5.00. The Hall–Kier alpha value is -3.48. The molecule has 1 fully saturated rings. The van der Waals surface area contributed by atoms with E-state index in [1.165, 1.54) is 23.5 Å². The lowest BCUT2D eigenvalue weighted by molar-refractivity contribution is 0.589. The van der Waals surface area contributed by atoms with E-state index in [4.69, 9.17) is 11.5 Å². The maximum Gasteiger partial charge on any atom is 0.191 e. The molecule has 7 nitrogen and oxygen atoms in total. The first kappa shape index (κ1) is 20.1. The predicted molar refractivity (Wildman–Crippen MR) is 130 cm³/mol. The standard InChI is InChI=1S/C24H24FN7S/c1-3-19-23(20-14-18(8-11-32(20)29-19)31-12-9-27-10-13-31)30(2)24-28-22(21(15-26)33-24)16-4-6-17(25)7-5-16/h4-8,11,14,27H,3,9-10,12-13H2,1-2H3/i11D. The smallest absolute Gasteiger partial charge is 0.191 e. The highest BCUT2D eigenvalue weighted by atomic mass is 32.1. The average Bonchev–Trinajstić information content (AvgIpc) is 3.46. The first-order valence-corrected chi connectivity index (χ1v) is 11.7. The van der Waals surface area contributed by atoms with Crippen LogP contribution >= 0.6 is 11.3 Å². The van der Waals surface area contributed by atoms with Gasteiger partial charge < -0.3 is 15.1 Å². The van der Waals surface area contributed by atoms with E-state index in [2.05, 4.69) is 22.4 Å². The number of aromatic nitrogens is 3. The number of hydrogen-bond donors (Lipinski definition) is 1. The van der Waals surface area contributed by atoms with Crippen molar-refractivity contribution in [1.82, 2.24) is 19.9 Å². The average molecular weight is 463 g/mol. The van der Waals surface area contributed by atoms with E-state index in [0.717, 1.165) is 48.8 Å². The number of piperazine rings is 1. The SMILES string of the molecule is [2H]c1cc(N2CCNCC2)cc2c(N(C)c3nc(-c4ccc(F)cc4)c(C#N)s3)c(CC)nn12. The lowest BCUT2D eigenvalue weighted by Gasteiger charge is -2.29. The van der Waals surface area contributed by atoms with Crippen LogP contribution in [0.5, 0.6) is 0 Å². The second-order valence-corrected chi connectivity index (χ2v) is 8.85. The largest absolute Gasteiger partial charge is 0.369 e. The number of nitriles is 1. The molecule has 33 heavy (non-hydrogen) atoms. The highest BCUT2D eigenvalue weighted by Crippen LogP contribution is 2.38. The number of pyridine rings is 1. The van der Waals surface area contributed by atoms with Gasteiger partial charge in [-0.25, -0.2) is 13.9 Å². The Balaban J connectivity index is 1.61. The van der Waals surface area contributed by atoms with E-state index in [9.17, 15) is 9.65 Å². The summed E-state index contributed by atoms with van der Waals surface area (Å²) in [7, 11) is 1.91. The molecular weight excluding hydrogens is 437 g/mol. The summed E-state index contributed by atoms with van der Waals surface area (Å²) in [5.74, 6) is -0.333. The topological polar surface area (TPSA) is 72.5 Å². The van der Waals surface area contributed by atoms with Crippen LogP contribution in [0.15, 0.2) is 42.6 Å². The molecule has 3 aromatic heterocycles. The number of benzene rings is 1. The van der Waals surface area contributed by atoms with Crippen LogP contribution in [0.1, 0.15) is 18.9 Å². The van der Waals surface area contributed by atoms with Crippen molar-refractivity contribution < 1.29 is 5.76 Å². The van der Waals surface area contributed by atoms with Crippen LogP contribution in [0.25, 0.3) is 16.8 Å². The highest BCUT2D eigenvalue weighted by molar-refractivity contribution is 7.16. The van der Waals surface area contributed by atoms with Crippen molar-refractivity contribution in [2.45, 2.75) is 13.3 Å². The van der Waals surface area contributed by atoms with Crippen molar-refractivity contribution in [3.63, 3.8) is 0 Å². The van der Waals surface area contributed by atoms with Crippen molar-refractivity contribution in [2.24, 2.45) is 0 Å². The van der Waals surface area contributed by atoms with Gasteiger partial charge in [-0.3, -0.25) is 0 Å². The Morgan fingerprint density at radius 3 is 2.73 bits per heavy atom. The number of halogens is 1. The lowest BCUT2D eigenvalue weighted by atomic mass is 10.1. The fourth-order valence-electron chi connectivity index (χ4n) is 4.14. The van der Waals surface area contributed by atoms with E-state index in [-0.39, 0.29) is 5.82 Å². The maximum absolute atomic E-state index is 13.4. The monoisotopic (exact) mass is 462 g/mol. The molecule has 4 aromatic rings. The van der Waals surface area contributed by atoms with Crippen LogP contribution in [-0.2, 0) is 6.42 Å². The summed E-state index contributed by atoms with van der Waals surface area (Å²) in [6.07, 6.45) is 1.01. The van der Waals surface area contributed by atoms with Crippen molar-refractivity contribution in [1.29, 1.82) is 5.26 Å². The summed E-state index contributed by atoms with van der Waals surface area (Å²) >= 11 is 1.29. The second-order valence-electron chi connectivity index (χ2n) is 7.88. The van der Waals surface area contributed by atoms with E-state index in [0.29, 0.717) is 33.9 Å². The molecule has 1 saturated heterocycles. The zero-order chi connectivity index (χ0) is 23.8. The summed E-state index contributed by atoms with van der Waals surface area (Å²) < 4.78 is 23.7. The van der Waals surface area contributed by atoms with Gasteiger partial charge in [-0.15, -0.1) is 0 Å². The normalized spacial score (nSPS) is 14.4. The number of nitrogens with one attached hydrogen (secondary N) is 1. The van der Waals surface area contributed by atoms with E-state index >= 15 is 0 Å². The molecule has 0 radical (unpaired) electrons. The minimum Gasteiger partial charge on any atom is -0.369 e. The molecule has 0 spiro atoms. The van der Waals surface area contributed by atoms with Gasteiger partial charge in [0.05, 0.1) is 18.3 Å². The molecule has 168 valence electrons. The highest BCUT2D eigenvalue weighted by Gasteiger charge is 2.23. The molecule has 1 N–H and O–H groups in total. The maximum atomic E-state index is 13.4. The van der Waals surface area contributed by atoms with Crippen LogP contribution in [0.4, 0.5) is 20.9 Å².